The number of carbonyl (C=O) groups excluding carboxylic acids is 3. The molecule has 4 saturated carbocycles. The lowest BCUT2D eigenvalue weighted by atomic mass is 9.47. The number of carbonyl (C=O) groups is 3. The predicted octanol–water partition coefficient (Wildman–Crippen LogP) is 3.74. The van der Waals surface area contributed by atoms with Crippen molar-refractivity contribution in [2.45, 2.75) is 109 Å². The fraction of sp³-hybridized carbons (Fsp3) is 0.844. The Morgan fingerprint density at radius 1 is 1.12 bits per heavy atom. The minimum Gasteiger partial charge on any atom is -0.393 e. The molecule has 0 aromatic heterocycles. The number of nitrogens with one attached hydrogen (secondary N) is 2. The lowest BCUT2D eigenvalue weighted by Crippen LogP contribution is -2.71. The molecule has 5 N–H and O–H groups in total. The van der Waals surface area contributed by atoms with Crippen LogP contribution in [0.1, 0.15) is 91.4 Å². The number of amides is 3. The molecule has 228 valence electrons. The summed E-state index contributed by atoms with van der Waals surface area (Å²) in [5.74, 6) is 5.25. The highest BCUT2D eigenvalue weighted by Crippen LogP contribution is 2.64. The molecule has 4 aliphatic carbocycles. The summed E-state index contributed by atoms with van der Waals surface area (Å²) in [4.78, 5) is 40.0. The molecule has 0 radical (unpaired) electrons. The molecule has 2 heterocycles. The Kier molecular flexibility index (Phi) is 8.27. The largest absolute Gasteiger partial charge is 0.393 e. The maximum Gasteiger partial charge on any atom is 0.269 e. The maximum absolute atomic E-state index is 13.0. The second-order valence-electron chi connectivity index (χ2n) is 14.4. The Morgan fingerprint density at radius 2 is 1.88 bits per heavy atom. The van der Waals surface area contributed by atoms with Gasteiger partial charge < -0.3 is 21.5 Å². The van der Waals surface area contributed by atoms with Gasteiger partial charge in [0, 0.05) is 12.2 Å². The third kappa shape index (κ3) is 5.05. The number of nitrogens with zero attached hydrogens (tertiary/aromatic N) is 1. The molecule has 11 unspecified atom stereocenters. The molecule has 1 saturated heterocycles. The van der Waals surface area contributed by atoms with E-state index < -0.39 is 6.04 Å². The molecule has 41 heavy (non-hydrogen) atoms. The zero-order valence-corrected chi connectivity index (χ0v) is 25.9. The summed E-state index contributed by atoms with van der Waals surface area (Å²) in [6.07, 6.45) is 12.4. The van der Waals surface area contributed by atoms with Crippen molar-refractivity contribution in [1.82, 2.24) is 15.5 Å². The second-order valence-corrected chi connectivity index (χ2v) is 15.5. The van der Waals surface area contributed by atoms with Gasteiger partial charge in [-0.05, 0) is 124 Å². The first-order chi connectivity index (χ1) is 19.6. The number of fused-ring (bicyclic) bond motifs is 6. The van der Waals surface area contributed by atoms with Crippen LogP contribution in [-0.4, -0.2) is 57.7 Å². The van der Waals surface area contributed by atoms with Gasteiger partial charge in [0.25, 0.3) is 11.8 Å². The highest BCUT2D eigenvalue weighted by atomic mass is 32.2. The predicted molar refractivity (Wildman–Crippen MR) is 160 cm³/mol. The Balaban J connectivity index is 1.01. The average Bonchev–Trinajstić information content (AvgIpc) is 3.39. The Labute approximate surface area is 249 Å². The minimum absolute atomic E-state index is 0.0164. The maximum atomic E-state index is 13.0. The van der Waals surface area contributed by atoms with E-state index in [1.54, 1.807) is 11.8 Å². The number of rotatable bonds is 7. The van der Waals surface area contributed by atoms with Crippen LogP contribution in [0.3, 0.4) is 0 Å². The van der Waals surface area contributed by atoms with Crippen LogP contribution in [0, 0.1) is 46.8 Å². The summed E-state index contributed by atoms with van der Waals surface area (Å²) < 4.78 is 0. The Hall–Kier alpha value is -1.58. The summed E-state index contributed by atoms with van der Waals surface area (Å²) in [6, 6.07) is -0.569. The van der Waals surface area contributed by atoms with Crippen LogP contribution in [0.5, 0.6) is 0 Å². The van der Waals surface area contributed by atoms with Crippen LogP contribution >= 0.6 is 11.8 Å². The van der Waals surface area contributed by atoms with Gasteiger partial charge in [0.2, 0.25) is 5.91 Å². The fourth-order valence-corrected chi connectivity index (χ4v) is 11.7. The van der Waals surface area contributed by atoms with E-state index in [1.165, 1.54) is 49.8 Å². The van der Waals surface area contributed by atoms with Gasteiger partial charge in [0.05, 0.1) is 12.8 Å². The number of nitrogens with two attached hydrogens (primary N) is 1. The van der Waals surface area contributed by atoms with Gasteiger partial charge in [0.1, 0.15) is 17.1 Å². The molecule has 5 fully saturated rings. The normalized spacial score (nSPS) is 42.3. The molecule has 0 aromatic rings. The molecular formula is C32H50N4O4S. The monoisotopic (exact) mass is 586 g/mol. The van der Waals surface area contributed by atoms with Crippen molar-refractivity contribution in [2.75, 3.05) is 12.4 Å². The number of hydrogen-bond acceptors (Lipinski definition) is 6. The molecule has 0 spiro atoms. The summed E-state index contributed by atoms with van der Waals surface area (Å²) >= 11 is 1.60. The molecular weight excluding hydrogens is 536 g/mol. The van der Waals surface area contributed by atoms with Gasteiger partial charge >= 0.3 is 0 Å². The van der Waals surface area contributed by atoms with Gasteiger partial charge in [0.15, 0.2) is 0 Å². The number of thioether (sulfide) groups is 1. The van der Waals surface area contributed by atoms with E-state index >= 15 is 0 Å². The molecule has 9 heteroatoms. The highest BCUT2D eigenvalue weighted by Gasteiger charge is 2.57. The van der Waals surface area contributed by atoms with E-state index in [-0.39, 0.29) is 35.9 Å². The highest BCUT2D eigenvalue weighted by molar-refractivity contribution is 8.00. The lowest BCUT2D eigenvalue weighted by Gasteiger charge is -2.59. The average molecular weight is 587 g/mol. The summed E-state index contributed by atoms with van der Waals surface area (Å²) in [6.45, 7) is 6.78. The standard InChI is InChI=1S/C32H50N4O4S/c1-17(4-11-26(38)35-27-30(40)36-28(29(39)34-16-33)18(2)15-41-31(27)36)21-7-8-23-22(21)9-10-25-24(23)6-5-19-14-20(37)12-13-32(19,25)3/h17,19-25,27,31,37H,4-16,33H2,1-3H3,(H,34,39)(H,35,38). The smallest absolute Gasteiger partial charge is 0.269 e. The second kappa shape index (κ2) is 11.5. The van der Waals surface area contributed by atoms with Crippen LogP contribution in [0.15, 0.2) is 11.3 Å². The number of β-lactam (4-membered cyclic amide) rings is 1. The molecule has 8 nitrogen and oxygen atoms in total. The van der Waals surface area contributed by atoms with Crippen molar-refractivity contribution >= 4 is 29.5 Å². The van der Waals surface area contributed by atoms with Gasteiger partial charge in [-0.3, -0.25) is 19.3 Å². The third-order valence-electron chi connectivity index (χ3n) is 12.5. The third-order valence-corrected chi connectivity index (χ3v) is 13.9. The van der Waals surface area contributed by atoms with Gasteiger partial charge in [-0.15, -0.1) is 11.8 Å². The zero-order valence-electron chi connectivity index (χ0n) is 25.1. The first-order valence-electron chi connectivity index (χ1n) is 16.2. The number of aliphatic hydroxyl groups excluding tert-OH is 1. The van der Waals surface area contributed by atoms with E-state index in [9.17, 15) is 19.5 Å². The summed E-state index contributed by atoms with van der Waals surface area (Å²) in [5, 5.41) is 15.7. The molecule has 0 bridgehead atoms. The summed E-state index contributed by atoms with van der Waals surface area (Å²) in [5.41, 5.74) is 7.14. The first kappa shape index (κ1) is 29.5. The van der Waals surface area contributed by atoms with Gasteiger partial charge in [-0.25, -0.2) is 0 Å². The van der Waals surface area contributed by atoms with Crippen LogP contribution in [0.4, 0.5) is 0 Å². The van der Waals surface area contributed by atoms with Crippen LogP contribution in [0.2, 0.25) is 0 Å². The van der Waals surface area contributed by atoms with E-state index in [1.807, 2.05) is 6.92 Å². The summed E-state index contributed by atoms with van der Waals surface area (Å²) in [7, 11) is 0. The van der Waals surface area contributed by atoms with Crippen LogP contribution in [-0.2, 0) is 14.4 Å². The van der Waals surface area contributed by atoms with E-state index in [4.69, 9.17) is 5.73 Å². The van der Waals surface area contributed by atoms with E-state index in [0.29, 0.717) is 41.0 Å². The van der Waals surface area contributed by atoms with Crippen LogP contribution in [0.25, 0.3) is 0 Å². The molecule has 6 aliphatic rings. The Morgan fingerprint density at radius 3 is 2.66 bits per heavy atom. The Bertz CT molecular complexity index is 1100. The SMILES string of the molecule is CC1=C(C(=O)NCN)N2C(=O)C(NC(=O)CCC(C)C3CCC4C3CCC3C4CCC4CC(O)CCC43C)C2SC1. The lowest BCUT2D eigenvalue weighted by molar-refractivity contribution is -0.147. The van der Waals surface area contributed by atoms with Crippen molar-refractivity contribution in [3.05, 3.63) is 11.3 Å². The zero-order chi connectivity index (χ0) is 29.1. The molecule has 3 amide bonds. The quantitative estimate of drug-likeness (QED) is 0.266. The van der Waals surface area contributed by atoms with Crippen molar-refractivity contribution in [3.63, 3.8) is 0 Å². The number of hydrogen-bond donors (Lipinski definition) is 4. The molecule has 0 aromatic carbocycles. The minimum atomic E-state index is -0.569. The molecule has 11 atom stereocenters. The molecule has 6 rings (SSSR count). The van der Waals surface area contributed by atoms with E-state index in [2.05, 4.69) is 24.5 Å². The van der Waals surface area contributed by atoms with E-state index in [0.717, 1.165) is 48.5 Å². The topological polar surface area (TPSA) is 125 Å². The van der Waals surface area contributed by atoms with Crippen LogP contribution < -0.4 is 16.4 Å². The van der Waals surface area contributed by atoms with Gasteiger partial charge in [-0.2, -0.15) is 0 Å². The first-order valence-corrected chi connectivity index (χ1v) is 17.3. The fourth-order valence-electron chi connectivity index (χ4n) is 10.4. The van der Waals surface area contributed by atoms with Crippen molar-refractivity contribution in [1.29, 1.82) is 0 Å². The van der Waals surface area contributed by atoms with Gasteiger partial charge in [-0.1, -0.05) is 13.8 Å². The molecule has 2 aliphatic heterocycles. The van der Waals surface area contributed by atoms with Crippen molar-refractivity contribution in [3.8, 4) is 0 Å². The number of aliphatic hydroxyl groups is 1. The van der Waals surface area contributed by atoms with Crippen molar-refractivity contribution in [2.24, 2.45) is 52.6 Å². The van der Waals surface area contributed by atoms with Crippen molar-refractivity contribution < 1.29 is 19.5 Å².